The summed E-state index contributed by atoms with van der Waals surface area (Å²) in [5.74, 6) is -1.10. The standard InChI is InChI=1S/C17H21F2N3O/c18-13-5-6-16(19)15(10-13)17(23)12-21-8-2-1-4-14(21)11-22-9-3-7-20-22/h3,5-7,9-10,14,17,23H,1-2,4,8,11-12H2/t14-,17+/m1/s1. The maximum Gasteiger partial charge on any atom is 0.129 e. The van der Waals surface area contributed by atoms with Crippen LogP contribution < -0.4 is 0 Å². The second-order valence-electron chi connectivity index (χ2n) is 6.05. The van der Waals surface area contributed by atoms with Gasteiger partial charge in [0.25, 0.3) is 0 Å². The first kappa shape index (κ1) is 16.1. The summed E-state index contributed by atoms with van der Waals surface area (Å²) in [4.78, 5) is 2.15. The smallest absolute Gasteiger partial charge is 0.129 e. The van der Waals surface area contributed by atoms with Crippen LogP contribution in [0.4, 0.5) is 8.78 Å². The molecule has 1 aromatic carbocycles. The third kappa shape index (κ3) is 3.95. The predicted molar refractivity (Wildman–Crippen MR) is 82.8 cm³/mol. The second kappa shape index (κ2) is 7.19. The number of likely N-dealkylation sites (tertiary alicyclic amines) is 1. The van der Waals surface area contributed by atoms with Gasteiger partial charge in [-0.2, -0.15) is 5.10 Å². The van der Waals surface area contributed by atoms with Crippen molar-refractivity contribution < 1.29 is 13.9 Å². The molecule has 0 radical (unpaired) electrons. The van der Waals surface area contributed by atoms with E-state index in [1.54, 1.807) is 6.20 Å². The molecule has 6 heteroatoms. The minimum Gasteiger partial charge on any atom is -0.387 e. The van der Waals surface area contributed by atoms with Crippen molar-refractivity contribution in [3.63, 3.8) is 0 Å². The van der Waals surface area contributed by atoms with Crippen molar-refractivity contribution in [1.82, 2.24) is 14.7 Å². The molecule has 3 rings (SSSR count). The number of hydrogen-bond acceptors (Lipinski definition) is 3. The highest BCUT2D eigenvalue weighted by atomic mass is 19.1. The van der Waals surface area contributed by atoms with Crippen LogP contribution in [0.25, 0.3) is 0 Å². The molecule has 4 nitrogen and oxygen atoms in total. The van der Waals surface area contributed by atoms with Gasteiger partial charge in [-0.25, -0.2) is 8.78 Å². The lowest BCUT2D eigenvalue weighted by molar-refractivity contribution is 0.0573. The van der Waals surface area contributed by atoms with E-state index in [1.165, 1.54) is 0 Å². The fraction of sp³-hybridized carbons (Fsp3) is 0.471. The summed E-state index contributed by atoms with van der Waals surface area (Å²) >= 11 is 0. The summed E-state index contributed by atoms with van der Waals surface area (Å²) in [5, 5.41) is 14.6. The maximum absolute atomic E-state index is 13.8. The third-order valence-corrected chi connectivity index (χ3v) is 4.43. The first-order chi connectivity index (χ1) is 11.1. The molecule has 1 aliphatic heterocycles. The summed E-state index contributed by atoms with van der Waals surface area (Å²) < 4.78 is 29.0. The van der Waals surface area contributed by atoms with Crippen LogP contribution in [0.3, 0.4) is 0 Å². The lowest BCUT2D eigenvalue weighted by Crippen LogP contribution is -2.44. The maximum atomic E-state index is 13.8. The molecule has 1 aliphatic rings. The van der Waals surface area contributed by atoms with Crippen LogP contribution in [0, 0.1) is 11.6 Å². The van der Waals surface area contributed by atoms with Gasteiger partial charge in [0, 0.05) is 30.5 Å². The van der Waals surface area contributed by atoms with E-state index >= 15 is 0 Å². The molecular formula is C17H21F2N3O. The molecule has 2 atom stereocenters. The lowest BCUT2D eigenvalue weighted by atomic mass is 10.00. The zero-order valence-corrected chi connectivity index (χ0v) is 12.9. The van der Waals surface area contributed by atoms with Crippen molar-refractivity contribution in [3.05, 3.63) is 53.9 Å². The zero-order chi connectivity index (χ0) is 16.2. The number of aliphatic hydroxyl groups is 1. The fourth-order valence-corrected chi connectivity index (χ4v) is 3.22. The number of piperidine rings is 1. The van der Waals surface area contributed by atoms with E-state index in [-0.39, 0.29) is 11.6 Å². The zero-order valence-electron chi connectivity index (χ0n) is 12.9. The highest BCUT2D eigenvalue weighted by Gasteiger charge is 2.26. The van der Waals surface area contributed by atoms with Gasteiger partial charge in [0.15, 0.2) is 0 Å². The molecule has 0 bridgehead atoms. The number of rotatable bonds is 5. The molecule has 124 valence electrons. The Morgan fingerprint density at radius 2 is 2.17 bits per heavy atom. The van der Waals surface area contributed by atoms with Gasteiger partial charge in [0.1, 0.15) is 11.6 Å². The molecule has 0 unspecified atom stereocenters. The molecule has 1 aromatic heterocycles. The monoisotopic (exact) mass is 321 g/mol. The molecule has 23 heavy (non-hydrogen) atoms. The van der Waals surface area contributed by atoms with Gasteiger partial charge in [-0.05, 0) is 43.7 Å². The van der Waals surface area contributed by atoms with Crippen molar-refractivity contribution in [2.24, 2.45) is 0 Å². The Bertz CT molecular complexity index is 633. The van der Waals surface area contributed by atoms with Crippen LogP contribution in [0.15, 0.2) is 36.7 Å². The van der Waals surface area contributed by atoms with E-state index in [9.17, 15) is 13.9 Å². The number of hydrogen-bond donors (Lipinski definition) is 1. The fourth-order valence-electron chi connectivity index (χ4n) is 3.22. The number of halogens is 2. The second-order valence-corrected chi connectivity index (χ2v) is 6.05. The Morgan fingerprint density at radius 3 is 2.96 bits per heavy atom. The average molecular weight is 321 g/mol. The van der Waals surface area contributed by atoms with E-state index < -0.39 is 17.7 Å². The van der Waals surface area contributed by atoms with E-state index in [1.807, 2.05) is 16.9 Å². The van der Waals surface area contributed by atoms with Crippen LogP contribution in [-0.4, -0.2) is 38.9 Å². The van der Waals surface area contributed by atoms with E-state index in [2.05, 4.69) is 10.00 Å². The summed E-state index contributed by atoms with van der Waals surface area (Å²) in [7, 11) is 0. The van der Waals surface area contributed by atoms with Crippen molar-refractivity contribution in [1.29, 1.82) is 0 Å². The Morgan fingerprint density at radius 1 is 1.30 bits per heavy atom. The van der Waals surface area contributed by atoms with Crippen LogP contribution in [0.5, 0.6) is 0 Å². The van der Waals surface area contributed by atoms with Crippen molar-refractivity contribution >= 4 is 0 Å². The van der Waals surface area contributed by atoms with Gasteiger partial charge >= 0.3 is 0 Å². The van der Waals surface area contributed by atoms with E-state index in [0.717, 1.165) is 50.6 Å². The van der Waals surface area contributed by atoms with Crippen LogP contribution in [-0.2, 0) is 6.54 Å². The van der Waals surface area contributed by atoms with Gasteiger partial charge in [-0.1, -0.05) is 6.42 Å². The Labute approximate surface area is 134 Å². The minimum atomic E-state index is -1.04. The number of aromatic nitrogens is 2. The summed E-state index contributed by atoms with van der Waals surface area (Å²) in [6, 6.07) is 5.32. The molecule has 1 N–H and O–H groups in total. The molecular weight excluding hydrogens is 300 g/mol. The Hall–Kier alpha value is -1.79. The van der Waals surface area contributed by atoms with Gasteiger partial charge < -0.3 is 5.11 Å². The summed E-state index contributed by atoms with van der Waals surface area (Å²) in [5.41, 5.74) is 0.0217. The normalized spacial score (nSPS) is 20.6. The molecule has 2 aromatic rings. The SMILES string of the molecule is O[C@@H](CN1CCCC[C@@H]1Cn1cccn1)c1cc(F)ccc1F. The van der Waals surface area contributed by atoms with Gasteiger partial charge in [-0.3, -0.25) is 9.58 Å². The highest BCUT2D eigenvalue weighted by molar-refractivity contribution is 5.21. The summed E-state index contributed by atoms with van der Waals surface area (Å²) in [6.07, 6.45) is 5.81. The van der Waals surface area contributed by atoms with Gasteiger partial charge in [-0.15, -0.1) is 0 Å². The molecule has 0 spiro atoms. The Kier molecular flexibility index (Phi) is 5.03. The number of benzene rings is 1. The number of aliphatic hydroxyl groups excluding tert-OH is 1. The lowest BCUT2D eigenvalue weighted by Gasteiger charge is -2.37. The highest BCUT2D eigenvalue weighted by Crippen LogP contribution is 2.24. The van der Waals surface area contributed by atoms with Crippen molar-refractivity contribution in [2.75, 3.05) is 13.1 Å². The molecule has 0 aliphatic carbocycles. The third-order valence-electron chi connectivity index (χ3n) is 4.43. The molecule has 0 saturated carbocycles. The largest absolute Gasteiger partial charge is 0.387 e. The van der Waals surface area contributed by atoms with E-state index in [4.69, 9.17) is 0 Å². The topological polar surface area (TPSA) is 41.3 Å². The number of nitrogens with zero attached hydrogens (tertiary/aromatic N) is 3. The van der Waals surface area contributed by atoms with Crippen LogP contribution in [0.2, 0.25) is 0 Å². The predicted octanol–water partition coefficient (Wildman–Crippen LogP) is 2.75. The van der Waals surface area contributed by atoms with Crippen LogP contribution in [0.1, 0.15) is 30.9 Å². The molecule has 2 heterocycles. The van der Waals surface area contributed by atoms with Gasteiger partial charge in [0.2, 0.25) is 0 Å². The molecule has 1 fully saturated rings. The van der Waals surface area contributed by atoms with Crippen molar-refractivity contribution in [3.8, 4) is 0 Å². The first-order valence-electron chi connectivity index (χ1n) is 7.98. The Balaban J connectivity index is 1.69. The van der Waals surface area contributed by atoms with Gasteiger partial charge in [0.05, 0.1) is 12.6 Å². The summed E-state index contributed by atoms with van der Waals surface area (Å²) in [6.45, 7) is 1.89. The molecule has 0 amide bonds. The van der Waals surface area contributed by atoms with Crippen molar-refractivity contribution in [2.45, 2.75) is 38.0 Å². The quantitative estimate of drug-likeness (QED) is 0.921. The van der Waals surface area contributed by atoms with E-state index in [0.29, 0.717) is 6.54 Å². The van der Waals surface area contributed by atoms with Crippen LogP contribution >= 0.6 is 0 Å². The minimum absolute atomic E-state index is 0.0217. The first-order valence-corrected chi connectivity index (χ1v) is 7.98. The molecule has 1 saturated heterocycles. The average Bonchev–Trinajstić information content (AvgIpc) is 3.04. The number of β-amino-alcohol motifs (C(OH)–C–C–N with tert-alkyl or cyclic N) is 1.